The normalized spacial score (nSPS) is 12.4. The van der Waals surface area contributed by atoms with Crippen molar-refractivity contribution in [3.05, 3.63) is 70.8 Å². The Hall–Kier alpha value is -1.64. The highest BCUT2D eigenvalue weighted by molar-refractivity contribution is 5.25. The number of nitrogens with one attached hydrogen (secondary N) is 1. The maximum Gasteiger partial charge on any atom is 0.0681 e. The molecule has 1 unspecified atom stereocenters. The van der Waals surface area contributed by atoms with Crippen molar-refractivity contribution < 1.29 is 5.11 Å². The summed E-state index contributed by atoms with van der Waals surface area (Å²) in [6.07, 6.45) is 0. The lowest BCUT2D eigenvalue weighted by atomic mass is 10.1. The standard InChI is InChI=1S/C17H21NO/c1-13-3-9-17(10-4-13)14(2)18-11-15-5-7-16(12-19)8-6-15/h3-10,14,18-19H,11-12H2,1-2H3. The Balaban J connectivity index is 1.92. The van der Waals surface area contributed by atoms with Crippen LogP contribution in [0.1, 0.15) is 35.2 Å². The van der Waals surface area contributed by atoms with Crippen molar-refractivity contribution in [2.24, 2.45) is 0 Å². The molecule has 0 bridgehead atoms. The molecule has 0 radical (unpaired) electrons. The van der Waals surface area contributed by atoms with Gasteiger partial charge in [0.1, 0.15) is 0 Å². The largest absolute Gasteiger partial charge is 0.392 e. The topological polar surface area (TPSA) is 32.3 Å². The fourth-order valence-electron chi connectivity index (χ4n) is 2.01. The zero-order chi connectivity index (χ0) is 13.7. The van der Waals surface area contributed by atoms with Crippen LogP contribution in [0.4, 0.5) is 0 Å². The van der Waals surface area contributed by atoms with Gasteiger partial charge >= 0.3 is 0 Å². The quantitative estimate of drug-likeness (QED) is 0.859. The van der Waals surface area contributed by atoms with E-state index < -0.39 is 0 Å². The van der Waals surface area contributed by atoms with Crippen molar-refractivity contribution in [2.45, 2.75) is 33.0 Å². The average Bonchev–Trinajstić information content (AvgIpc) is 2.46. The van der Waals surface area contributed by atoms with E-state index >= 15 is 0 Å². The summed E-state index contributed by atoms with van der Waals surface area (Å²) in [5.74, 6) is 0. The number of benzene rings is 2. The number of hydrogen-bond acceptors (Lipinski definition) is 2. The maximum atomic E-state index is 9.00. The smallest absolute Gasteiger partial charge is 0.0681 e. The summed E-state index contributed by atoms with van der Waals surface area (Å²) in [6.45, 7) is 5.21. The summed E-state index contributed by atoms with van der Waals surface area (Å²) >= 11 is 0. The molecule has 0 aliphatic carbocycles. The van der Waals surface area contributed by atoms with E-state index in [4.69, 9.17) is 5.11 Å². The molecule has 0 heterocycles. The number of aryl methyl sites for hydroxylation is 1. The van der Waals surface area contributed by atoms with E-state index in [9.17, 15) is 0 Å². The molecule has 0 aliphatic heterocycles. The first-order valence-electron chi connectivity index (χ1n) is 6.67. The minimum Gasteiger partial charge on any atom is -0.392 e. The molecule has 19 heavy (non-hydrogen) atoms. The average molecular weight is 255 g/mol. The first-order chi connectivity index (χ1) is 9.19. The molecule has 2 rings (SSSR count). The highest BCUT2D eigenvalue weighted by atomic mass is 16.3. The van der Waals surface area contributed by atoms with Crippen LogP contribution < -0.4 is 5.32 Å². The lowest BCUT2D eigenvalue weighted by molar-refractivity contribution is 0.282. The lowest BCUT2D eigenvalue weighted by Crippen LogP contribution is -2.18. The molecule has 2 aromatic carbocycles. The fourth-order valence-corrected chi connectivity index (χ4v) is 2.01. The van der Waals surface area contributed by atoms with Gasteiger partial charge in [-0.1, -0.05) is 54.1 Å². The molecule has 0 aliphatic rings. The van der Waals surface area contributed by atoms with E-state index in [0.717, 1.165) is 12.1 Å². The van der Waals surface area contributed by atoms with E-state index in [1.54, 1.807) is 0 Å². The maximum absolute atomic E-state index is 9.00. The molecule has 0 saturated carbocycles. The number of aliphatic hydroxyl groups excluding tert-OH is 1. The zero-order valence-corrected chi connectivity index (χ0v) is 11.6. The molecule has 2 N–H and O–H groups in total. The monoisotopic (exact) mass is 255 g/mol. The SMILES string of the molecule is Cc1ccc(C(C)NCc2ccc(CO)cc2)cc1. The molecule has 100 valence electrons. The van der Waals surface area contributed by atoms with Crippen LogP contribution in [-0.4, -0.2) is 5.11 Å². The third kappa shape index (κ3) is 3.91. The zero-order valence-electron chi connectivity index (χ0n) is 11.6. The van der Waals surface area contributed by atoms with Gasteiger partial charge in [0.15, 0.2) is 0 Å². The predicted molar refractivity (Wildman–Crippen MR) is 78.8 cm³/mol. The van der Waals surface area contributed by atoms with Crippen LogP contribution in [0.2, 0.25) is 0 Å². The number of hydrogen-bond donors (Lipinski definition) is 2. The van der Waals surface area contributed by atoms with Gasteiger partial charge in [0, 0.05) is 12.6 Å². The minimum atomic E-state index is 0.105. The molecule has 1 atom stereocenters. The van der Waals surface area contributed by atoms with Crippen molar-refractivity contribution >= 4 is 0 Å². The van der Waals surface area contributed by atoms with E-state index in [2.05, 4.69) is 55.6 Å². The summed E-state index contributed by atoms with van der Waals surface area (Å²) in [7, 11) is 0. The Morgan fingerprint density at radius 3 is 2.11 bits per heavy atom. The second-order valence-electron chi connectivity index (χ2n) is 4.99. The van der Waals surface area contributed by atoms with Gasteiger partial charge in [-0.3, -0.25) is 0 Å². The highest BCUT2D eigenvalue weighted by Crippen LogP contribution is 2.14. The van der Waals surface area contributed by atoms with E-state index in [1.807, 2.05) is 12.1 Å². The van der Waals surface area contributed by atoms with E-state index in [1.165, 1.54) is 16.7 Å². The van der Waals surface area contributed by atoms with Gasteiger partial charge in [0.25, 0.3) is 0 Å². The first-order valence-corrected chi connectivity index (χ1v) is 6.67. The second-order valence-corrected chi connectivity index (χ2v) is 4.99. The summed E-state index contributed by atoms with van der Waals surface area (Å²) in [6, 6.07) is 17.0. The summed E-state index contributed by atoms with van der Waals surface area (Å²) in [5.41, 5.74) is 4.78. The Bertz CT molecular complexity index is 502. The Morgan fingerprint density at radius 2 is 1.53 bits per heavy atom. The molecule has 0 aromatic heterocycles. The minimum absolute atomic E-state index is 0.105. The van der Waals surface area contributed by atoms with Crippen molar-refractivity contribution in [3.8, 4) is 0 Å². The number of aliphatic hydroxyl groups is 1. The van der Waals surface area contributed by atoms with Crippen LogP contribution in [0.15, 0.2) is 48.5 Å². The molecular formula is C17H21NO. The van der Waals surface area contributed by atoms with E-state index in [0.29, 0.717) is 6.04 Å². The van der Waals surface area contributed by atoms with Crippen LogP contribution in [0.5, 0.6) is 0 Å². The Labute approximate surface area is 115 Å². The highest BCUT2D eigenvalue weighted by Gasteiger charge is 2.04. The molecular weight excluding hydrogens is 234 g/mol. The summed E-state index contributed by atoms with van der Waals surface area (Å²) in [5, 5.41) is 12.5. The van der Waals surface area contributed by atoms with E-state index in [-0.39, 0.29) is 6.61 Å². The summed E-state index contributed by atoms with van der Waals surface area (Å²) < 4.78 is 0. The van der Waals surface area contributed by atoms with Crippen LogP contribution >= 0.6 is 0 Å². The van der Waals surface area contributed by atoms with Gasteiger partial charge in [0.05, 0.1) is 6.61 Å². The Morgan fingerprint density at radius 1 is 0.947 bits per heavy atom. The van der Waals surface area contributed by atoms with Crippen molar-refractivity contribution in [2.75, 3.05) is 0 Å². The third-order valence-electron chi connectivity index (χ3n) is 3.40. The first kappa shape index (κ1) is 13.8. The molecule has 0 saturated heterocycles. The predicted octanol–water partition coefficient (Wildman–Crippen LogP) is 3.34. The van der Waals surface area contributed by atoms with Gasteiger partial charge in [-0.2, -0.15) is 0 Å². The molecule has 2 heteroatoms. The van der Waals surface area contributed by atoms with Crippen molar-refractivity contribution in [1.29, 1.82) is 0 Å². The van der Waals surface area contributed by atoms with Gasteiger partial charge in [0.2, 0.25) is 0 Å². The van der Waals surface area contributed by atoms with Gasteiger partial charge in [-0.05, 0) is 30.5 Å². The third-order valence-corrected chi connectivity index (χ3v) is 3.40. The van der Waals surface area contributed by atoms with Gasteiger partial charge in [-0.15, -0.1) is 0 Å². The van der Waals surface area contributed by atoms with Crippen molar-refractivity contribution in [3.63, 3.8) is 0 Å². The second kappa shape index (κ2) is 6.50. The van der Waals surface area contributed by atoms with Crippen LogP contribution in [0.25, 0.3) is 0 Å². The van der Waals surface area contributed by atoms with Crippen LogP contribution in [0, 0.1) is 6.92 Å². The molecule has 2 aromatic rings. The molecule has 2 nitrogen and oxygen atoms in total. The fraction of sp³-hybridized carbons (Fsp3) is 0.294. The number of rotatable bonds is 5. The lowest BCUT2D eigenvalue weighted by Gasteiger charge is -2.14. The Kier molecular flexibility index (Phi) is 4.72. The van der Waals surface area contributed by atoms with Crippen LogP contribution in [0.3, 0.4) is 0 Å². The van der Waals surface area contributed by atoms with Gasteiger partial charge in [-0.25, -0.2) is 0 Å². The van der Waals surface area contributed by atoms with Crippen LogP contribution in [-0.2, 0) is 13.2 Å². The molecule has 0 amide bonds. The van der Waals surface area contributed by atoms with Crippen molar-refractivity contribution in [1.82, 2.24) is 5.32 Å². The summed E-state index contributed by atoms with van der Waals surface area (Å²) in [4.78, 5) is 0. The molecule has 0 fully saturated rings. The molecule has 0 spiro atoms. The van der Waals surface area contributed by atoms with Gasteiger partial charge < -0.3 is 10.4 Å².